The number of unbranched alkanes of at least 4 members (excludes halogenated alkanes) is 16. The zero-order valence-electron chi connectivity index (χ0n) is 35.4. The molecule has 0 rings (SSSR count). The van der Waals surface area contributed by atoms with Crippen LogP contribution in [0.4, 0.5) is 0 Å². The van der Waals surface area contributed by atoms with Crippen molar-refractivity contribution in [2.45, 2.75) is 187 Å². The lowest BCUT2D eigenvalue weighted by Crippen LogP contribution is -2.34. The monoisotopic (exact) mass is 824 g/mol. The van der Waals surface area contributed by atoms with Gasteiger partial charge in [-0.05, 0) is 70.6 Å². The molecule has 4 N–H and O–H groups in total. The number of carbonyl (C=O) groups excluding carboxylic acids is 2. The highest BCUT2D eigenvalue weighted by Crippen LogP contribution is 2.43. The molecule has 0 saturated heterocycles. The van der Waals surface area contributed by atoms with Crippen LogP contribution >= 0.6 is 7.82 Å². The molecule has 3 unspecified atom stereocenters. The molecule has 3 atom stereocenters. The number of ether oxygens (including phenoxy) is 2. The number of aliphatic carboxylic acids is 1. The molecule has 0 aliphatic heterocycles. The molecule has 0 aliphatic rings. The van der Waals surface area contributed by atoms with E-state index in [2.05, 4.69) is 79.1 Å². The minimum absolute atomic E-state index is 0.152. The average molecular weight is 824 g/mol. The fourth-order valence-electron chi connectivity index (χ4n) is 5.59. The molecule has 0 aromatic rings. The Kier molecular flexibility index (Phi) is 38.0. The van der Waals surface area contributed by atoms with E-state index < -0.39 is 51.1 Å². The first kappa shape index (κ1) is 54.2. The van der Waals surface area contributed by atoms with Crippen LogP contribution in [0.2, 0.25) is 0 Å². The van der Waals surface area contributed by atoms with E-state index in [1.165, 1.54) is 38.5 Å². The smallest absolute Gasteiger partial charge is 0.472 e. The Balaban J connectivity index is 4.27. The maximum atomic E-state index is 12.6. The van der Waals surface area contributed by atoms with Crippen LogP contribution in [-0.4, -0.2) is 59.9 Å². The first-order valence-corrected chi connectivity index (χ1v) is 23.3. The van der Waals surface area contributed by atoms with Gasteiger partial charge in [0.05, 0.1) is 13.2 Å². The molecule has 0 aliphatic carbocycles. The third kappa shape index (κ3) is 39.8. The van der Waals surface area contributed by atoms with E-state index in [1.807, 2.05) is 0 Å². The number of phosphoric ester groups is 1. The van der Waals surface area contributed by atoms with Crippen LogP contribution in [0, 0.1) is 0 Å². The molecular weight excluding hydrogens is 745 g/mol. The second-order valence-corrected chi connectivity index (χ2v) is 15.9. The minimum Gasteiger partial charge on any atom is -0.480 e. The van der Waals surface area contributed by atoms with Crippen molar-refractivity contribution in [3.05, 3.63) is 60.8 Å². The normalized spacial score (nSPS) is 14.3. The highest BCUT2D eigenvalue weighted by atomic mass is 31.2. The molecular formula is C45H78NO10P. The lowest BCUT2D eigenvalue weighted by atomic mass is 10.0. The largest absolute Gasteiger partial charge is 0.480 e. The summed E-state index contributed by atoms with van der Waals surface area (Å²) in [5, 5.41) is 8.88. The van der Waals surface area contributed by atoms with Gasteiger partial charge >= 0.3 is 25.7 Å². The number of hydrogen-bond donors (Lipinski definition) is 3. The molecule has 0 aromatic carbocycles. The van der Waals surface area contributed by atoms with Crippen molar-refractivity contribution in [1.82, 2.24) is 0 Å². The van der Waals surface area contributed by atoms with E-state index in [1.54, 1.807) is 0 Å². The molecule has 0 radical (unpaired) electrons. The van der Waals surface area contributed by atoms with Gasteiger partial charge in [-0.2, -0.15) is 0 Å². The fourth-order valence-corrected chi connectivity index (χ4v) is 6.37. The van der Waals surface area contributed by atoms with Crippen molar-refractivity contribution in [3.63, 3.8) is 0 Å². The van der Waals surface area contributed by atoms with Gasteiger partial charge in [-0.1, -0.05) is 152 Å². The highest BCUT2D eigenvalue weighted by molar-refractivity contribution is 7.47. The standard InChI is InChI=1S/C45H78NO10P/c1-3-5-7-9-11-13-15-16-17-18-19-20-21-22-23-24-25-26-27-29-31-33-35-37-44(48)56-41(39-54-57(51,52)55-40-42(46)45(49)50)38-53-43(47)36-34-32-30-28-14-12-10-8-6-4-2/h5,7-8,10-11,13,16-17,19-20,41-42H,3-4,6,9,12,14-15,18,21-40,46H2,1-2H3,(H,49,50)(H,51,52)/b7-5-,10-8-,13-11-,17-16-,20-19-. The average Bonchev–Trinajstić information content (AvgIpc) is 3.19. The Hall–Kier alpha value is -2.82. The summed E-state index contributed by atoms with van der Waals surface area (Å²) in [5.74, 6) is -2.40. The van der Waals surface area contributed by atoms with Gasteiger partial charge in [0.15, 0.2) is 6.10 Å². The first-order valence-electron chi connectivity index (χ1n) is 21.8. The summed E-state index contributed by atoms with van der Waals surface area (Å²) in [6, 6.07) is -1.52. The third-order valence-electron chi connectivity index (χ3n) is 8.98. The number of carbonyl (C=O) groups is 3. The predicted octanol–water partition coefficient (Wildman–Crippen LogP) is 11.6. The Morgan fingerprint density at radius 3 is 1.49 bits per heavy atom. The number of phosphoric acid groups is 1. The zero-order valence-corrected chi connectivity index (χ0v) is 36.3. The van der Waals surface area contributed by atoms with Crippen LogP contribution in [0.25, 0.3) is 0 Å². The molecule has 0 bridgehead atoms. The Morgan fingerprint density at radius 2 is 0.982 bits per heavy atom. The SMILES string of the molecule is CC/C=C\C/C=C\C/C=C\C/C=C\CCCCCCCCCCCCC(=O)OC(COC(=O)CCCCCCC/C=C\CCC)COP(=O)(O)OCC(N)C(=O)O. The first-order chi connectivity index (χ1) is 27.6. The molecule has 0 spiro atoms. The zero-order chi connectivity index (χ0) is 42.1. The highest BCUT2D eigenvalue weighted by Gasteiger charge is 2.28. The summed E-state index contributed by atoms with van der Waals surface area (Å²) in [4.78, 5) is 45.9. The second kappa shape index (κ2) is 40.0. The van der Waals surface area contributed by atoms with Crippen molar-refractivity contribution in [2.75, 3.05) is 19.8 Å². The van der Waals surface area contributed by atoms with Crippen molar-refractivity contribution < 1.29 is 47.5 Å². The van der Waals surface area contributed by atoms with Crippen LogP contribution in [0.1, 0.15) is 174 Å². The lowest BCUT2D eigenvalue weighted by molar-refractivity contribution is -0.161. The van der Waals surface area contributed by atoms with E-state index in [0.29, 0.717) is 12.8 Å². The van der Waals surface area contributed by atoms with Crippen molar-refractivity contribution >= 4 is 25.7 Å². The number of hydrogen-bond acceptors (Lipinski definition) is 9. The molecule has 57 heavy (non-hydrogen) atoms. The number of nitrogens with two attached hydrogens (primary N) is 1. The summed E-state index contributed by atoms with van der Waals surface area (Å²) in [5.41, 5.74) is 5.33. The summed E-state index contributed by atoms with van der Waals surface area (Å²) < 4.78 is 32.6. The summed E-state index contributed by atoms with van der Waals surface area (Å²) in [6.07, 6.45) is 45.8. The number of rotatable bonds is 40. The molecule has 0 amide bonds. The quantitative estimate of drug-likeness (QED) is 0.0232. The summed E-state index contributed by atoms with van der Waals surface area (Å²) >= 11 is 0. The minimum atomic E-state index is -4.72. The topological polar surface area (TPSA) is 172 Å². The van der Waals surface area contributed by atoms with Crippen molar-refractivity contribution in [1.29, 1.82) is 0 Å². The maximum absolute atomic E-state index is 12.6. The molecule has 0 fully saturated rings. The van der Waals surface area contributed by atoms with Crippen molar-refractivity contribution in [3.8, 4) is 0 Å². The molecule has 11 nitrogen and oxygen atoms in total. The molecule has 0 saturated carbocycles. The third-order valence-corrected chi connectivity index (χ3v) is 9.93. The fraction of sp³-hybridized carbons (Fsp3) is 0.711. The van der Waals surface area contributed by atoms with Gasteiger partial charge in [0.25, 0.3) is 0 Å². The van der Waals surface area contributed by atoms with Crippen LogP contribution < -0.4 is 5.73 Å². The van der Waals surface area contributed by atoms with E-state index in [9.17, 15) is 23.8 Å². The number of carboxylic acids is 1. The molecule has 0 aromatic heterocycles. The molecule has 12 heteroatoms. The van der Waals surface area contributed by atoms with E-state index in [-0.39, 0.29) is 19.4 Å². The summed E-state index contributed by atoms with van der Waals surface area (Å²) in [7, 11) is -4.72. The number of carboxylic acid groups (broad SMARTS) is 1. The maximum Gasteiger partial charge on any atom is 0.472 e. The summed E-state index contributed by atoms with van der Waals surface area (Å²) in [6.45, 7) is 2.60. The van der Waals surface area contributed by atoms with Gasteiger partial charge in [0.1, 0.15) is 12.6 Å². The molecule has 328 valence electrons. The van der Waals surface area contributed by atoms with Crippen LogP contribution in [0.15, 0.2) is 60.8 Å². The van der Waals surface area contributed by atoms with Gasteiger partial charge in [0, 0.05) is 12.8 Å². The van der Waals surface area contributed by atoms with Crippen LogP contribution in [0.3, 0.4) is 0 Å². The van der Waals surface area contributed by atoms with E-state index in [4.69, 9.17) is 24.8 Å². The van der Waals surface area contributed by atoms with Crippen molar-refractivity contribution in [2.24, 2.45) is 5.73 Å². The van der Waals surface area contributed by atoms with Gasteiger partial charge in [-0.3, -0.25) is 23.4 Å². The Morgan fingerprint density at radius 1 is 0.561 bits per heavy atom. The van der Waals surface area contributed by atoms with E-state index in [0.717, 1.165) is 96.3 Å². The second-order valence-electron chi connectivity index (χ2n) is 14.4. The number of allylic oxidation sites excluding steroid dienone is 10. The number of esters is 2. The van der Waals surface area contributed by atoms with Gasteiger partial charge in [0.2, 0.25) is 0 Å². The van der Waals surface area contributed by atoms with Gasteiger partial charge in [-0.15, -0.1) is 0 Å². The lowest BCUT2D eigenvalue weighted by Gasteiger charge is -2.20. The van der Waals surface area contributed by atoms with Gasteiger partial charge in [-0.25, -0.2) is 4.57 Å². The van der Waals surface area contributed by atoms with Crippen LogP contribution in [-0.2, 0) is 37.5 Å². The predicted molar refractivity (Wildman–Crippen MR) is 231 cm³/mol. The van der Waals surface area contributed by atoms with Crippen LogP contribution in [0.5, 0.6) is 0 Å². The van der Waals surface area contributed by atoms with E-state index >= 15 is 0 Å². The Labute approximate surface area is 345 Å². The van der Waals surface area contributed by atoms with Gasteiger partial charge < -0.3 is 25.2 Å². The Bertz CT molecular complexity index is 1200. The molecule has 0 heterocycles.